The van der Waals surface area contributed by atoms with E-state index < -0.39 is 16.6 Å². The monoisotopic (exact) mass is 375 g/mol. The summed E-state index contributed by atoms with van der Waals surface area (Å²) >= 11 is 0. The van der Waals surface area contributed by atoms with Crippen LogP contribution < -0.4 is 16.0 Å². The number of hydrogen-bond acceptors (Lipinski definition) is 6. The SMILES string of the molecule is CC(=O)C(C)(C)Nc1cccc(NC(C)(C)C(C)=O)c1NC(C)(C)C(C)=O. The average molecular weight is 376 g/mol. The zero-order valence-electron chi connectivity index (χ0n) is 18.0. The van der Waals surface area contributed by atoms with Gasteiger partial charge in [0.1, 0.15) is 0 Å². The summed E-state index contributed by atoms with van der Waals surface area (Å²) in [6.45, 7) is 15.4. The number of para-hydroxylation sites is 1. The fourth-order valence-corrected chi connectivity index (χ4v) is 2.15. The third-order valence-corrected chi connectivity index (χ3v) is 5.04. The quantitative estimate of drug-likeness (QED) is 0.604. The van der Waals surface area contributed by atoms with E-state index in [1.807, 2.05) is 18.2 Å². The van der Waals surface area contributed by atoms with Crippen LogP contribution in [0.4, 0.5) is 17.1 Å². The van der Waals surface area contributed by atoms with Crippen LogP contribution in [0.3, 0.4) is 0 Å². The van der Waals surface area contributed by atoms with Crippen molar-refractivity contribution >= 4 is 34.4 Å². The topological polar surface area (TPSA) is 87.3 Å². The van der Waals surface area contributed by atoms with Crippen LogP contribution in [0.5, 0.6) is 0 Å². The molecule has 0 saturated carbocycles. The molecule has 0 aliphatic rings. The molecule has 0 atom stereocenters. The Morgan fingerprint density at radius 2 is 0.926 bits per heavy atom. The van der Waals surface area contributed by atoms with Crippen molar-refractivity contribution in [3.05, 3.63) is 18.2 Å². The van der Waals surface area contributed by atoms with Crippen LogP contribution in [-0.2, 0) is 14.4 Å². The van der Waals surface area contributed by atoms with Gasteiger partial charge in [0.25, 0.3) is 0 Å². The lowest BCUT2D eigenvalue weighted by molar-refractivity contribution is -0.121. The van der Waals surface area contributed by atoms with Gasteiger partial charge in [-0.15, -0.1) is 0 Å². The minimum absolute atomic E-state index is 0.0123. The first-order chi connectivity index (χ1) is 12.1. The van der Waals surface area contributed by atoms with Crippen molar-refractivity contribution in [1.82, 2.24) is 0 Å². The second-order valence-electron chi connectivity index (χ2n) is 8.65. The molecule has 150 valence electrons. The highest BCUT2D eigenvalue weighted by molar-refractivity contribution is 5.96. The molecule has 1 aromatic carbocycles. The smallest absolute Gasteiger partial charge is 0.154 e. The van der Waals surface area contributed by atoms with Gasteiger partial charge in [-0.1, -0.05) is 6.07 Å². The molecule has 27 heavy (non-hydrogen) atoms. The van der Waals surface area contributed by atoms with Crippen molar-refractivity contribution in [3.63, 3.8) is 0 Å². The lowest BCUT2D eigenvalue weighted by Crippen LogP contribution is -2.42. The van der Waals surface area contributed by atoms with Crippen molar-refractivity contribution < 1.29 is 14.4 Å². The fraction of sp³-hybridized carbons (Fsp3) is 0.571. The second-order valence-corrected chi connectivity index (χ2v) is 8.65. The highest BCUT2D eigenvalue weighted by Gasteiger charge is 2.31. The number of hydrogen-bond donors (Lipinski definition) is 3. The van der Waals surface area contributed by atoms with Gasteiger partial charge in [-0.3, -0.25) is 14.4 Å². The van der Waals surface area contributed by atoms with E-state index in [4.69, 9.17) is 0 Å². The summed E-state index contributed by atoms with van der Waals surface area (Å²) in [7, 11) is 0. The van der Waals surface area contributed by atoms with E-state index in [2.05, 4.69) is 16.0 Å². The van der Waals surface area contributed by atoms with Crippen LogP contribution in [0, 0.1) is 0 Å². The maximum Gasteiger partial charge on any atom is 0.154 e. The van der Waals surface area contributed by atoms with Crippen molar-refractivity contribution in [1.29, 1.82) is 0 Å². The molecule has 0 spiro atoms. The molecule has 3 N–H and O–H groups in total. The van der Waals surface area contributed by atoms with E-state index in [1.165, 1.54) is 20.8 Å². The van der Waals surface area contributed by atoms with Crippen LogP contribution in [0.15, 0.2) is 18.2 Å². The molecule has 0 aromatic heterocycles. The molecule has 1 rings (SSSR count). The largest absolute Gasteiger partial charge is 0.371 e. The molecular formula is C21H33N3O3. The Kier molecular flexibility index (Phi) is 6.47. The highest BCUT2D eigenvalue weighted by Crippen LogP contribution is 2.36. The third kappa shape index (κ3) is 5.55. The molecule has 0 bridgehead atoms. The minimum atomic E-state index is -0.824. The summed E-state index contributed by atoms with van der Waals surface area (Å²) in [4.78, 5) is 36.0. The average Bonchev–Trinajstić information content (AvgIpc) is 2.49. The van der Waals surface area contributed by atoms with Crippen LogP contribution in [-0.4, -0.2) is 34.0 Å². The van der Waals surface area contributed by atoms with Gasteiger partial charge in [-0.05, 0) is 74.4 Å². The number of Topliss-reactive ketones (excluding diaryl/α,β-unsaturated/α-hetero) is 3. The molecule has 0 amide bonds. The van der Waals surface area contributed by atoms with Crippen LogP contribution in [0.25, 0.3) is 0 Å². The molecule has 0 heterocycles. The lowest BCUT2D eigenvalue weighted by atomic mass is 9.96. The number of rotatable bonds is 9. The van der Waals surface area contributed by atoms with Gasteiger partial charge in [0.05, 0.1) is 33.7 Å². The summed E-state index contributed by atoms with van der Waals surface area (Å²) in [5.41, 5.74) is -0.407. The van der Waals surface area contributed by atoms with Gasteiger partial charge in [-0.25, -0.2) is 0 Å². The summed E-state index contributed by atoms with van der Waals surface area (Å²) in [5, 5.41) is 9.79. The predicted molar refractivity (Wildman–Crippen MR) is 112 cm³/mol. The van der Waals surface area contributed by atoms with Crippen molar-refractivity contribution in [2.75, 3.05) is 16.0 Å². The number of anilines is 3. The van der Waals surface area contributed by atoms with Gasteiger partial charge in [0, 0.05) is 0 Å². The Morgan fingerprint density at radius 3 is 1.22 bits per heavy atom. The van der Waals surface area contributed by atoms with E-state index in [9.17, 15) is 14.4 Å². The Labute approximate surface area is 162 Å². The summed E-state index contributed by atoms with van der Waals surface area (Å²) in [6.07, 6.45) is 0. The Hall–Kier alpha value is -2.37. The second kappa shape index (κ2) is 7.71. The molecule has 6 heteroatoms. The van der Waals surface area contributed by atoms with Crippen molar-refractivity contribution in [2.24, 2.45) is 0 Å². The first-order valence-corrected chi connectivity index (χ1v) is 9.11. The van der Waals surface area contributed by atoms with Gasteiger partial charge < -0.3 is 16.0 Å². The number of nitrogens with one attached hydrogen (secondary N) is 3. The van der Waals surface area contributed by atoms with Gasteiger partial charge in [0.15, 0.2) is 17.3 Å². The summed E-state index contributed by atoms with van der Waals surface area (Å²) in [5.74, 6) is -0.0525. The van der Waals surface area contributed by atoms with Crippen LogP contribution in [0.1, 0.15) is 62.3 Å². The first kappa shape index (κ1) is 22.7. The molecule has 0 radical (unpaired) electrons. The maximum absolute atomic E-state index is 12.1. The summed E-state index contributed by atoms with van der Waals surface area (Å²) in [6, 6.07) is 5.52. The van der Waals surface area contributed by atoms with Gasteiger partial charge >= 0.3 is 0 Å². The number of benzene rings is 1. The standard InChI is InChI=1S/C21H33N3O3/c1-13(25)19(4,5)22-16-11-10-12-17(23-20(6,7)14(2)26)18(16)24-21(8,9)15(3)27/h10-12,22-24H,1-9H3. The highest BCUT2D eigenvalue weighted by atomic mass is 16.1. The van der Waals surface area contributed by atoms with E-state index >= 15 is 0 Å². The van der Waals surface area contributed by atoms with Gasteiger partial charge in [-0.2, -0.15) is 0 Å². The Balaban J connectivity index is 3.51. The molecule has 6 nitrogen and oxygen atoms in total. The van der Waals surface area contributed by atoms with E-state index in [1.54, 1.807) is 41.5 Å². The van der Waals surface area contributed by atoms with E-state index in [-0.39, 0.29) is 17.3 Å². The predicted octanol–water partition coefficient (Wildman–Crippen LogP) is 4.03. The molecular weight excluding hydrogens is 342 g/mol. The molecule has 1 aromatic rings. The molecule has 0 unspecified atom stereocenters. The van der Waals surface area contributed by atoms with Crippen LogP contribution in [0.2, 0.25) is 0 Å². The minimum Gasteiger partial charge on any atom is -0.371 e. The summed E-state index contributed by atoms with van der Waals surface area (Å²) < 4.78 is 0. The fourth-order valence-electron chi connectivity index (χ4n) is 2.15. The third-order valence-electron chi connectivity index (χ3n) is 5.04. The first-order valence-electron chi connectivity index (χ1n) is 9.11. The molecule has 0 aliphatic heterocycles. The van der Waals surface area contributed by atoms with E-state index in [0.717, 1.165) is 0 Å². The zero-order valence-corrected chi connectivity index (χ0v) is 18.0. The lowest BCUT2D eigenvalue weighted by Gasteiger charge is -2.33. The maximum atomic E-state index is 12.1. The number of ketones is 3. The number of carbonyl (C=O) groups is 3. The normalized spacial score (nSPS) is 12.3. The number of carbonyl (C=O) groups excluding carboxylic acids is 3. The van der Waals surface area contributed by atoms with Crippen LogP contribution >= 0.6 is 0 Å². The van der Waals surface area contributed by atoms with Crippen molar-refractivity contribution in [3.8, 4) is 0 Å². The molecule has 0 fully saturated rings. The Bertz CT molecular complexity index is 703. The Morgan fingerprint density at radius 1 is 0.630 bits per heavy atom. The van der Waals surface area contributed by atoms with Crippen molar-refractivity contribution in [2.45, 2.75) is 78.9 Å². The zero-order chi connectivity index (χ0) is 21.2. The molecule has 0 aliphatic carbocycles. The van der Waals surface area contributed by atoms with E-state index in [0.29, 0.717) is 17.1 Å². The molecule has 0 saturated heterocycles. The van der Waals surface area contributed by atoms with Gasteiger partial charge in [0.2, 0.25) is 0 Å².